The van der Waals surface area contributed by atoms with Crippen LogP contribution >= 0.6 is 23.2 Å². The van der Waals surface area contributed by atoms with Crippen molar-refractivity contribution < 1.29 is 18.0 Å². The Bertz CT molecular complexity index is 1080. The van der Waals surface area contributed by atoms with Crippen molar-refractivity contribution in [3.63, 3.8) is 0 Å². The molecular weight excluding hydrogens is 473 g/mol. The second kappa shape index (κ2) is 11.1. The Hall–Kier alpha value is -2.13. The summed E-state index contributed by atoms with van der Waals surface area (Å²) in [7, 11) is -2.54. The molecule has 2 amide bonds. The molecule has 174 valence electrons. The van der Waals surface area contributed by atoms with Crippen LogP contribution in [0, 0.1) is 6.92 Å². The van der Waals surface area contributed by atoms with Crippen LogP contribution in [0.3, 0.4) is 0 Å². The maximum atomic E-state index is 13.2. The first-order valence-electron chi connectivity index (χ1n) is 10.0. The third-order valence-electron chi connectivity index (χ3n) is 4.94. The number of amides is 2. The Morgan fingerprint density at radius 3 is 2.25 bits per heavy atom. The number of hydrogen-bond donors (Lipinski definition) is 1. The molecule has 0 aromatic heterocycles. The number of carbonyl (C=O) groups is 2. The standard InChI is InChI=1S/C22H27Cl2N3O4S/c1-5-25-22(29)16(3)27(13-17-8-11-19(23)20(24)12-17)21(28)14-26(4)32(30,31)18-9-6-15(2)7-10-18/h6-12,16H,5,13-14H2,1-4H3,(H,25,29). The summed E-state index contributed by atoms with van der Waals surface area (Å²) >= 11 is 12.1. The van der Waals surface area contributed by atoms with Crippen LogP contribution in [0.4, 0.5) is 0 Å². The fraction of sp³-hybridized carbons (Fsp3) is 0.364. The maximum absolute atomic E-state index is 13.2. The minimum atomic E-state index is -3.88. The summed E-state index contributed by atoms with van der Waals surface area (Å²) in [6, 6.07) is 10.5. The average molecular weight is 500 g/mol. The van der Waals surface area contributed by atoms with Crippen molar-refractivity contribution in [3.8, 4) is 0 Å². The Morgan fingerprint density at radius 1 is 1.06 bits per heavy atom. The van der Waals surface area contributed by atoms with Gasteiger partial charge in [0, 0.05) is 20.1 Å². The van der Waals surface area contributed by atoms with Crippen LogP contribution in [0.1, 0.15) is 25.0 Å². The van der Waals surface area contributed by atoms with Gasteiger partial charge in [-0.3, -0.25) is 9.59 Å². The van der Waals surface area contributed by atoms with E-state index >= 15 is 0 Å². The van der Waals surface area contributed by atoms with E-state index in [4.69, 9.17) is 23.2 Å². The molecule has 0 aliphatic heterocycles. The SMILES string of the molecule is CCNC(=O)C(C)N(Cc1ccc(Cl)c(Cl)c1)C(=O)CN(C)S(=O)(=O)c1ccc(C)cc1. The Morgan fingerprint density at radius 2 is 1.69 bits per heavy atom. The monoisotopic (exact) mass is 499 g/mol. The molecule has 7 nitrogen and oxygen atoms in total. The summed E-state index contributed by atoms with van der Waals surface area (Å²) in [4.78, 5) is 27.0. The van der Waals surface area contributed by atoms with Gasteiger partial charge >= 0.3 is 0 Å². The minimum Gasteiger partial charge on any atom is -0.355 e. The second-order valence-corrected chi connectivity index (χ2v) is 10.3. The highest BCUT2D eigenvalue weighted by atomic mass is 35.5. The van der Waals surface area contributed by atoms with Crippen LogP contribution in [0.2, 0.25) is 10.0 Å². The van der Waals surface area contributed by atoms with Gasteiger partial charge in [0.15, 0.2) is 0 Å². The van der Waals surface area contributed by atoms with Crippen LogP contribution in [0.15, 0.2) is 47.4 Å². The van der Waals surface area contributed by atoms with Crippen LogP contribution < -0.4 is 5.32 Å². The second-order valence-electron chi connectivity index (χ2n) is 7.41. The number of hydrogen-bond acceptors (Lipinski definition) is 4. The number of sulfonamides is 1. The molecule has 0 fully saturated rings. The predicted molar refractivity (Wildman–Crippen MR) is 126 cm³/mol. The number of halogens is 2. The number of likely N-dealkylation sites (N-methyl/N-ethyl adjacent to an activating group) is 2. The lowest BCUT2D eigenvalue weighted by atomic mass is 10.1. The zero-order valence-electron chi connectivity index (χ0n) is 18.4. The van der Waals surface area contributed by atoms with Crippen molar-refractivity contribution in [2.75, 3.05) is 20.1 Å². The summed E-state index contributed by atoms with van der Waals surface area (Å²) < 4.78 is 26.8. The van der Waals surface area contributed by atoms with Crippen LogP contribution in [0.5, 0.6) is 0 Å². The van der Waals surface area contributed by atoms with E-state index in [1.54, 1.807) is 44.2 Å². The number of carbonyl (C=O) groups excluding carboxylic acids is 2. The summed E-state index contributed by atoms with van der Waals surface area (Å²) in [6.07, 6.45) is 0. The molecule has 1 N–H and O–H groups in total. The Balaban J connectivity index is 2.28. The maximum Gasteiger partial charge on any atom is 0.243 e. The molecule has 0 bridgehead atoms. The molecule has 0 aliphatic carbocycles. The molecule has 1 atom stereocenters. The molecule has 32 heavy (non-hydrogen) atoms. The highest BCUT2D eigenvalue weighted by Gasteiger charge is 2.30. The van der Waals surface area contributed by atoms with Gasteiger partial charge in [0.2, 0.25) is 21.8 Å². The van der Waals surface area contributed by atoms with Gasteiger partial charge in [-0.05, 0) is 50.6 Å². The molecule has 0 radical (unpaired) electrons. The molecule has 2 aromatic carbocycles. The van der Waals surface area contributed by atoms with E-state index in [9.17, 15) is 18.0 Å². The summed E-state index contributed by atoms with van der Waals surface area (Å²) in [5.74, 6) is -0.863. The molecule has 2 aromatic rings. The zero-order chi connectivity index (χ0) is 24.1. The lowest BCUT2D eigenvalue weighted by Gasteiger charge is -2.30. The van der Waals surface area contributed by atoms with E-state index in [-0.39, 0.29) is 17.3 Å². The first kappa shape index (κ1) is 26.1. The summed E-state index contributed by atoms with van der Waals surface area (Å²) in [6.45, 7) is 5.26. The third kappa shape index (κ3) is 6.45. The number of benzene rings is 2. The molecule has 0 aliphatic rings. The molecule has 1 unspecified atom stereocenters. The van der Waals surface area contributed by atoms with E-state index in [0.717, 1.165) is 9.87 Å². The molecule has 2 rings (SSSR count). The van der Waals surface area contributed by atoms with Gasteiger partial charge in [0.05, 0.1) is 21.5 Å². The quantitative estimate of drug-likeness (QED) is 0.571. The lowest BCUT2D eigenvalue weighted by molar-refractivity contribution is -0.140. The summed E-state index contributed by atoms with van der Waals surface area (Å²) in [5.41, 5.74) is 1.58. The number of nitrogens with zero attached hydrogens (tertiary/aromatic N) is 2. The first-order valence-corrected chi connectivity index (χ1v) is 12.2. The van der Waals surface area contributed by atoms with E-state index < -0.39 is 28.5 Å². The molecule has 0 spiro atoms. The molecule has 0 saturated carbocycles. The van der Waals surface area contributed by atoms with Gasteiger partial charge in [0.25, 0.3) is 0 Å². The van der Waals surface area contributed by atoms with E-state index in [1.807, 2.05) is 6.92 Å². The predicted octanol–water partition coefficient (Wildman–Crippen LogP) is 3.48. The molecular formula is C22H27Cl2N3O4S. The van der Waals surface area contributed by atoms with Crippen molar-refractivity contribution in [1.29, 1.82) is 0 Å². The van der Waals surface area contributed by atoms with Crippen molar-refractivity contribution in [1.82, 2.24) is 14.5 Å². The van der Waals surface area contributed by atoms with Crippen molar-refractivity contribution in [3.05, 3.63) is 63.6 Å². The highest BCUT2D eigenvalue weighted by Crippen LogP contribution is 2.24. The zero-order valence-corrected chi connectivity index (χ0v) is 20.8. The van der Waals surface area contributed by atoms with Crippen molar-refractivity contribution in [2.24, 2.45) is 0 Å². The van der Waals surface area contributed by atoms with Gasteiger partial charge in [-0.2, -0.15) is 4.31 Å². The number of aryl methyl sites for hydroxylation is 1. The van der Waals surface area contributed by atoms with Gasteiger partial charge in [-0.25, -0.2) is 8.42 Å². The third-order valence-corrected chi connectivity index (χ3v) is 7.50. The normalized spacial score (nSPS) is 12.5. The average Bonchev–Trinajstić information content (AvgIpc) is 2.74. The van der Waals surface area contributed by atoms with Crippen LogP contribution in [-0.2, 0) is 26.2 Å². The van der Waals surface area contributed by atoms with Crippen molar-refractivity contribution in [2.45, 2.75) is 38.3 Å². The van der Waals surface area contributed by atoms with Gasteiger partial charge in [-0.1, -0.05) is 47.0 Å². The minimum absolute atomic E-state index is 0.0619. The smallest absolute Gasteiger partial charge is 0.243 e. The lowest BCUT2D eigenvalue weighted by Crippen LogP contribution is -2.50. The van der Waals surface area contributed by atoms with Gasteiger partial charge < -0.3 is 10.2 Å². The summed E-state index contributed by atoms with van der Waals surface area (Å²) in [5, 5.41) is 3.38. The fourth-order valence-corrected chi connectivity index (χ4v) is 4.44. The van der Waals surface area contributed by atoms with Gasteiger partial charge in [-0.15, -0.1) is 0 Å². The molecule has 0 heterocycles. The Kier molecular flexibility index (Phi) is 9.09. The number of rotatable bonds is 9. The largest absolute Gasteiger partial charge is 0.355 e. The van der Waals surface area contributed by atoms with Crippen LogP contribution in [0.25, 0.3) is 0 Å². The topological polar surface area (TPSA) is 86.8 Å². The van der Waals surface area contributed by atoms with Crippen molar-refractivity contribution >= 4 is 45.0 Å². The van der Waals surface area contributed by atoms with Crippen LogP contribution in [-0.4, -0.2) is 55.6 Å². The van der Waals surface area contributed by atoms with Gasteiger partial charge in [0.1, 0.15) is 6.04 Å². The molecule has 0 saturated heterocycles. The Labute approximate surface area is 199 Å². The molecule has 10 heteroatoms. The highest BCUT2D eigenvalue weighted by molar-refractivity contribution is 7.89. The van der Waals surface area contributed by atoms with E-state index in [2.05, 4.69) is 5.32 Å². The van der Waals surface area contributed by atoms with E-state index in [1.165, 1.54) is 24.1 Å². The first-order chi connectivity index (χ1) is 15.0. The number of nitrogens with one attached hydrogen (secondary N) is 1. The van der Waals surface area contributed by atoms with E-state index in [0.29, 0.717) is 22.2 Å². The fourth-order valence-electron chi connectivity index (χ4n) is 3.00.